The number of fused-ring (bicyclic) bond motifs is 1. The van der Waals surface area contributed by atoms with Crippen LogP contribution in [0.25, 0.3) is 22.4 Å². The number of aromatic nitrogens is 2. The number of carboxylic acids is 1. The van der Waals surface area contributed by atoms with Crippen molar-refractivity contribution in [2.45, 2.75) is 6.18 Å². The van der Waals surface area contributed by atoms with Gasteiger partial charge in [-0.3, -0.25) is 4.79 Å². The molecule has 0 saturated carbocycles. The summed E-state index contributed by atoms with van der Waals surface area (Å²) in [7, 11) is 0. The maximum absolute atomic E-state index is 13.2. The van der Waals surface area contributed by atoms with Crippen molar-refractivity contribution in [1.29, 1.82) is 0 Å². The summed E-state index contributed by atoms with van der Waals surface area (Å²) < 4.78 is 39.6. The molecule has 4 aromatic rings. The first-order chi connectivity index (χ1) is 14.2. The Morgan fingerprint density at radius 3 is 2.23 bits per heavy atom. The van der Waals surface area contributed by atoms with E-state index in [2.05, 4.69) is 9.97 Å². The van der Waals surface area contributed by atoms with Crippen molar-refractivity contribution in [3.63, 3.8) is 0 Å². The molecule has 1 heterocycles. The molecule has 30 heavy (non-hydrogen) atoms. The van der Waals surface area contributed by atoms with Gasteiger partial charge in [0.15, 0.2) is 5.78 Å². The maximum Gasteiger partial charge on any atom is 0.417 e. The first-order valence-corrected chi connectivity index (χ1v) is 8.78. The largest absolute Gasteiger partial charge is 0.478 e. The van der Waals surface area contributed by atoms with E-state index >= 15 is 0 Å². The minimum absolute atomic E-state index is 0.102. The SMILES string of the molecule is O=C(O)c1ccc2[nH]c(-c3ccc(C(=O)c4ccccc4C(F)(F)F)cc3)nc2c1. The number of nitrogens with zero attached hydrogens (tertiary/aromatic N) is 1. The Morgan fingerprint density at radius 2 is 1.57 bits per heavy atom. The van der Waals surface area contributed by atoms with Gasteiger partial charge in [0, 0.05) is 16.7 Å². The molecule has 2 N–H and O–H groups in total. The Labute approximate surface area is 167 Å². The molecule has 0 amide bonds. The summed E-state index contributed by atoms with van der Waals surface area (Å²) in [5.74, 6) is -1.35. The molecule has 8 heteroatoms. The number of rotatable bonds is 4. The number of imidazole rings is 1. The zero-order valence-electron chi connectivity index (χ0n) is 15.2. The van der Waals surface area contributed by atoms with Crippen LogP contribution in [0, 0.1) is 0 Å². The highest BCUT2D eigenvalue weighted by Crippen LogP contribution is 2.33. The Balaban J connectivity index is 1.66. The standard InChI is InChI=1S/C22H13F3N2O3/c23-22(24,25)16-4-2-1-3-15(16)19(28)12-5-7-13(8-6-12)20-26-17-10-9-14(21(29)30)11-18(17)27-20/h1-11H,(H,26,27)(H,29,30). The van der Waals surface area contributed by atoms with Crippen LogP contribution in [0.15, 0.2) is 66.7 Å². The Kier molecular flexibility index (Phi) is 4.62. The highest BCUT2D eigenvalue weighted by molar-refractivity contribution is 6.10. The minimum Gasteiger partial charge on any atom is -0.478 e. The van der Waals surface area contributed by atoms with Gasteiger partial charge in [0.1, 0.15) is 5.82 Å². The number of aromatic amines is 1. The van der Waals surface area contributed by atoms with Crippen LogP contribution in [-0.4, -0.2) is 26.8 Å². The molecule has 0 unspecified atom stereocenters. The van der Waals surface area contributed by atoms with Gasteiger partial charge in [-0.05, 0) is 24.3 Å². The summed E-state index contributed by atoms with van der Waals surface area (Å²) in [4.78, 5) is 31.1. The molecule has 0 bridgehead atoms. The molecule has 4 rings (SSSR count). The fourth-order valence-corrected chi connectivity index (χ4v) is 3.14. The van der Waals surface area contributed by atoms with Gasteiger partial charge in [-0.2, -0.15) is 13.2 Å². The number of hydrogen-bond donors (Lipinski definition) is 2. The number of carboxylic acid groups (broad SMARTS) is 1. The Hall–Kier alpha value is -3.94. The minimum atomic E-state index is -4.63. The van der Waals surface area contributed by atoms with Gasteiger partial charge in [0.05, 0.1) is 22.2 Å². The van der Waals surface area contributed by atoms with Crippen molar-refractivity contribution >= 4 is 22.8 Å². The highest BCUT2D eigenvalue weighted by Gasteiger charge is 2.34. The molecule has 0 saturated heterocycles. The van der Waals surface area contributed by atoms with E-state index in [0.717, 1.165) is 12.1 Å². The van der Waals surface area contributed by atoms with Crippen LogP contribution in [0.3, 0.4) is 0 Å². The van der Waals surface area contributed by atoms with Crippen LogP contribution in [0.5, 0.6) is 0 Å². The average Bonchev–Trinajstić information content (AvgIpc) is 3.16. The Bertz CT molecular complexity index is 1280. The zero-order chi connectivity index (χ0) is 21.5. The maximum atomic E-state index is 13.2. The molecule has 0 aliphatic carbocycles. The number of alkyl halides is 3. The quantitative estimate of drug-likeness (QED) is 0.454. The number of aromatic carboxylic acids is 1. The fourth-order valence-electron chi connectivity index (χ4n) is 3.14. The number of ketones is 1. The third-order valence-electron chi connectivity index (χ3n) is 4.63. The summed E-state index contributed by atoms with van der Waals surface area (Å²) in [6, 6.07) is 15.1. The van der Waals surface area contributed by atoms with Crippen LogP contribution in [-0.2, 0) is 6.18 Å². The number of benzene rings is 3. The van der Waals surface area contributed by atoms with Crippen LogP contribution in [0.2, 0.25) is 0 Å². The fraction of sp³-hybridized carbons (Fsp3) is 0.0455. The van der Waals surface area contributed by atoms with E-state index in [0.29, 0.717) is 22.4 Å². The second-order valence-electron chi connectivity index (χ2n) is 6.57. The van der Waals surface area contributed by atoms with Gasteiger partial charge in [0.25, 0.3) is 0 Å². The number of nitrogens with one attached hydrogen (secondary N) is 1. The number of halogens is 3. The van der Waals surface area contributed by atoms with E-state index in [1.807, 2.05) is 0 Å². The zero-order valence-corrected chi connectivity index (χ0v) is 15.2. The first kappa shape index (κ1) is 19.4. The van der Waals surface area contributed by atoms with E-state index in [4.69, 9.17) is 5.11 Å². The average molecular weight is 410 g/mol. The lowest BCUT2D eigenvalue weighted by atomic mass is 9.97. The number of carbonyl (C=O) groups is 2. The molecule has 0 radical (unpaired) electrons. The van der Waals surface area contributed by atoms with E-state index in [1.54, 1.807) is 18.2 Å². The Morgan fingerprint density at radius 1 is 0.900 bits per heavy atom. The van der Waals surface area contributed by atoms with Gasteiger partial charge in [-0.15, -0.1) is 0 Å². The summed E-state index contributed by atoms with van der Waals surface area (Å²) in [6.07, 6.45) is -4.63. The van der Waals surface area contributed by atoms with Crippen molar-refractivity contribution in [2.75, 3.05) is 0 Å². The molecule has 150 valence electrons. The van der Waals surface area contributed by atoms with Crippen LogP contribution >= 0.6 is 0 Å². The normalized spacial score (nSPS) is 11.6. The molecule has 0 fully saturated rings. The summed E-state index contributed by atoms with van der Waals surface area (Å²) in [5, 5.41) is 9.07. The van der Waals surface area contributed by atoms with Crippen LogP contribution in [0.4, 0.5) is 13.2 Å². The van der Waals surface area contributed by atoms with Gasteiger partial charge < -0.3 is 10.1 Å². The molecule has 0 aliphatic heterocycles. The van der Waals surface area contributed by atoms with Gasteiger partial charge >= 0.3 is 12.1 Å². The van der Waals surface area contributed by atoms with Crippen molar-refractivity contribution in [1.82, 2.24) is 9.97 Å². The molecule has 5 nitrogen and oxygen atoms in total. The number of carbonyl (C=O) groups excluding carboxylic acids is 1. The van der Waals surface area contributed by atoms with Crippen molar-refractivity contribution in [3.05, 3.63) is 89.0 Å². The second-order valence-corrected chi connectivity index (χ2v) is 6.57. The van der Waals surface area contributed by atoms with E-state index in [-0.39, 0.29) is 11.1 Å². The van der Waals surface area contributed by atoms with Crippen LogP contribution < -0.4 is 0 Å². The topological polar surface area (TPSA) is 83.0 Å². The van der Waals surface area contributed by atoms with Crippen molar-refractivity contribution in [2.24, 2.45) is 0 Å². The van der Waals surface area contributed by atoms with E-state index in [1.165, 1.54) is 36.4 Å². The second kappa shape index (κ2) is 7.14. The van der Waals surface area contributed by atoms with E-state index in [9.17, 15) is 22.8 Å². The predicted molar refractivity (Wildman–Crippen MR) is 103 cm³/mol. The summed E-state index contributed by atoms with van der Waals surface area (Å²) in [5.41, 5.74) is 0.514. The summed E-state index contributed by atoms with van der Waals surface area (Å²) in [6.45, 7) is 0. The lowest BCUT2D eigenvalue weighted by molar-refractivity contribution is -0.137. The van der Waals surface area contributed by atoms with Gasteiger partial charge in [-0.25, -0.2) is 9.78 Å². The molecule has 3 aromatic carbocycles. The first-order valence-electron chi connectivity index (χ1n) is 8.78. The number of hydrogen-bond acceptors (Lipinski definition) is 3. The molecule has 0 spiro atoms. The van der Waals surface area contributed by atoms with Gasteiger partial charge in [0.2, 0.25) is 0 Å². The molecule has 1 aromatic heterocycles. The lowest BCUT2D eigenvalue weighted by Crippen LogP contribution is -2.13. The van der Waals surface area contributed by atoms with Crippen molar-refractivity contribution in [3.8, 4) is 11.4 Å². The smallest absolute Gasteiger partial charge is 0.417 e. The van der Waals surface area contributed by atoms with Crippen molar-refractivity contribution < 1.29 is 27.9 Å². The monoisotopic (exact) mass is 410 g/mol. The molecule has 0 aliphatic rings. The predicted octanol–water partition coefficient (Wildman–Crippen LogP) is 5.18. The molecule has 0 atom stereocenters. The summed E-state index contributed by atoms with van der Waals surface area (Å²) >= 11 is 0. The molecular formula is C22H13F3N2O3. The highest BCUT2D eigenvalue weighted by atomic mass is 19.4. The number of H-pyrrole nitrogens is 1. The van der Waals surface area contributed by atoms with Crippen LogP contribution in [0.1, 0.15) is 31.8 Å². The molecular weight excluding hydrogens is 397 g/mol. The van der Waals surface area contributed by atoms with Gasteiger partial charge in [-0.1, -0.05) is 42.5 Å². The van der Waals surface area contributed by atoms with E-state index < -0.39 is 29.1 Å². The third kappa shape index (κ3) is 3.55. The third-order valence-corrected chi connectivity index (χ3v) is 4.63. The lowest BCUT2D eigenvalue weighted by Gasteiger charge is -2.11.